The summed E-state index contributed by atoms with van der Waals surface area (Å²) in [4.78, 5) is 0.584. The zero-order valence-corrected chi connectivity index (χ0v) is 12.3. The summed E-state index contributed by atoms with van der Waals surface area (Å²) in [7, 11) is -1.15. The van der Waals surface area contributed by atoms with Crippen molar-refractivity contribution in [2.45, 2.75) is 37.6 Å². The minimum atomic E-state index is -1.15. The molecular weight excluding hydrogens is 273 g/mol. The lowest BCUT2D eigenvalue weighted by molar-refractivity contribution is 0.525. The molecule has 0 amide bonds. The monoisotopic (exact) mass is 291 g/mol. The van der Waals surface area contributed by atoms with E-state index in [2.05, 4.69) is 12.2 Å². The minimum absolute atomic E-state index is 0.0244. The molecule has 1 rings (SSSR count). The Morgan fingerprint density at radius 2 is 2.17 bits per heavy atom. The van der Waals surface area contributed by atoms with Crippen molar-refractivity contribution in [3.05, 3.63) is 29.0 Å². The molecule has 2 atom stereocenters. The van der Waals surface area contributed by atoms with Gasteiger partial charge >= 0.3 is 0 Å². The molecule has 0 aliphatic heterocycles. The number of benzene rings is 1. The maximum atomic E-state index is 13.0. The van der Waals surface area contributed by atoms with Gasteiger partial charge in [0.2, 0.25) is 0 Å². The van der Waals surface area contributed by atoms with Gasteiger partial charge in [-0.2, -0.15) is 0 Å². The van der Waals surface area contributed by atoms with E-state index in [1.54, 1.807) is 0 Å². The first-order valence-electron chi connectivity index (χ1n) is 6.15. The van der Waals surface area contributed by atoms with Crippen LogP contribution in [0.1, 0.15) is 26.7 Å². The molecule has 1 aromatic rings. The van der Waals surface area contributed by atoms with Crippen molar-refractivity contribution in [2.75, 3.05) is 12.3 Å². The molecule has 0 fully saturated rings. The summed E-state index contributed by atoms with van der Waals surface area (Å²) in [5.41, 5.74) is 0. The molecule has 1 N–H and O–H groups in total. The molecule has 2 unspecified atom stereocenters. The highest BCUT2D eigenvalue weighted by atomic mass is 35.5. The maximum Gasteiger partial charge on any atom is 0.141 e. The van der Waals surface area contributed by atoms with E-state index in [0.717, 1.165) is 19.4 Å². The van der Waals surface area contributed by atoms with Gasteiger partial charge in [-0.1, -0.05) is 31.9 Å². The fourth-order valence-electron chi connectivity index (χ4n) is 1.78. The second-order valence-electron chi connectivity index (χ2n) is 4.13. The second kappa shape index (κ2) is 7.87. The average Bonchev–Trinajstić information content (AvgIpc) is 2.33. The number of nitrogens with one attached hydrogen (secondary N) is 1. The summed E-state index contributed by atoms with van der Waals surface area (Å²) in [5, 5.41) is 3.33. The van der Waals surface area contributed by atoms with E-state index in [-0.39, 0.29) is 11.1 Å². The predicted octanol–water partition coefficient (Wildman–Crippen LogP) is 3.36. The van der Waals surface area contributed by atoms with Crippen molar-refractivity contribution in [2.24, 2.45) is 0 Å². The first-order valence-corrected chi connectivity index (χ1v) is 7.85. The molecule has 18 heavy (non-hydrogen) atoms. The molecule has 0 aromatic heterocycles. The van der Waals surface area contributed by atoms with Crippen LogP contribution in [0.25, 0.3) is 0 Å². The van der Waals surface area contributed by atoms with Gasteiger partial charge < -0.3 is 5.32 Å². The SMILES string of the molecule is CCCC(CS(=O)c1ccc(F)c(Cl)c1)NCC. The minimum Gasteiger partial charge on any atom is -0.313 e. The lowest BCUT2D eigenvalue weighted by Gasteiger charge is -2.16. The van der Waals surface area contributed by atoms with Crippen LogP contribution in [0.2, 0.25) is 5.02 Å². The van der Waals surface area contributed by atoms with Gasteiger partial charge in [-0.3, -0.25) is 4.21 Å². The first kappa shape index (κ1) is 15.6. The fourth-order valence-corrected chi connectivity index (χ4v) is 3.34. The van der Waals surface area contributed by atoms with Crippen LogP contribution in [-0.2, 0) is 10.8 Å². The van der Waals surface area contributed by atoms with Crippen LogP contribution in [0.5, 0.6) is 0 Å². The van der Waals surface area contributed by atoms with E-state index in [1.165, 1.54) is 18.2 Å². The summed E-state index contributed by atoms with van der Waals surface area (Å²) in [5.74, 6) is 0.0538. The number of hydrogen-bond donors (Lipinski definition) is 1. The average molecular weight is 292 g/mol. The topological polar surface area (TPSA) is 29.1 Å². The summed E-state index contributed by atoms with van der Waals surface area (Å²) in [6, 6.07) is 4.47. The first-order chi connectivity index (χ1) is 8.58. The Hall–Kier alpha value is -0.450. The zero-order chi connectivity index (χ0) is 13.5. The van der Waals surface area contributed by atoms with Crippen LogP contribution in [0.3, 0.4) is 0 Å². The lowest BCUT2D eigenvalue weighted by Crippen LogP contribution is -2.33. The number of hydrogen-bond acceptors (Lipinski definition) is 2. The Bertz CT molecular complexity index is 408. The van der Waals surface area contributed by atoms with E-state index in [4.69, 9.17) is 11.6 Å². The van der Waals surface area contributed by atoms with Crippen LogP contribution >= 0.6 is 11.6 Å². The van der Waals surface area contributed by atoms with Crippen molar-refractivity contribution >= 4 is 22.4 Å². The molecule has 1 aromatic carbocycles. The number of rotatable bonds is 7. The zero-order valence-electron chi connectivity index (χ0n) is 10.7. The Balaban J connectivity index is 2.70. The third-order valence-corrected chi connectivity index (χ3v) is 4.41. The molecule has 0 heterocycles. The van der Waals surface area contributed by atoms with Gasteiger partial charge in [0.05, 0.1) is 15.8 Å². The van der Waals surface area contributed by atoms with Gasteiger partial charge in [0.1, 0.15) is 5.82 Å². The Morgan fingerprint density at radius 3 is 2.72 bits per heavy atom. The van der Waals surface area contributed by atoms with Crippen LogP contribution in [0.15, 0.2) is 23.1 Å². The van der Waals surface area contributed by atoms with Crippen molar-refractivity contribution in [1.29, 1.82) is 0 Å². The van der Waals surface area contributed by atoms with Crippen LogP contribution in [0.4, 0.5) is 4.39 Å². The molecule has 0 saturated carbocycles. The van der Waals surface area contributed by atoms with Gasteiger partial charge in [-0.15, -0.1) is 0 Å². The van der Waals surface area contributed by atoms with E-state index in [0.29, 0.717) is 10.6 Å². The van der Waals surface area contributed by atoms with E-state index < -0.39 is 16.6 Å². The Kier molecular flexibility index (Phi) is 6.82. The molecule has 2 nitrogen and oxygen atoms in total. The summed E-state index contributed by atoms with van der Waals surface area (Å²) < 4.78 is 25.2. The smallest absolute Gasteiger partial charge is 0.141 e. The molecule has 0 bridgehead atoms. The van der Waals surface area contributed by atoms with Crippen LogP contribution in [0, 0.1) is 5.82 Å². The molecule has 0 saturated heterocycles. The molecular formula is C13H19ClFNOS. The molecule has 5 heteroatoms. The largest absolute Gasteiger partial charge is 0.313 e. The molecule has 102 valence electrons. The Morgan fingerprint density at radius 1 is 1.44 bits per heavy atom. The molecule has 0 radical (unpaired) electrons. The third kappa shape index (κ3) is 4.67. The normalized spacial score (nSPS) is 14.4. The standard InChI is InChI=1S/C13H19ClFNOS/c1-3-5-10(16-4-2)9-18(17)11-6-7-13(15)12(14)8-11/h6-8,10,16H,3-5,9H2,1-2H3. The Labute approximate surface area is 115 Å². The lowest BCUT2D eigenvalue weighted by atomic mass is 10.2. The van der Waals surface area contributed by atoms with Gasteiger partial charge in [-0.05, 0) is 31.2 Å². The van der Waals surface area contributed by atoms with Gasteiger partial charge in [0.25, 0.3) is 0 Å². The molecule has 0 aliphatic carbocycles. The maximum absolute atomic E-state index is 13.0. The highest BCUT2D eigenvalue weighted by molar-refractivity contribution is 7.85. The summed E-state index contributed by atoms with van der Waals surface area (Å²) in [6.07, 6.45) is 2.02. The van der Waals surface area contributed by atoms with E-state index >= 15 is 0 Å². The highest BCUT2D eigenvalue weighted by Gasteiger charge is 2.13. The second-order valence-corrected chi connectivity index (χ2v) is 6.03. The van der Waals surface area contributed by atoms with Gasteiger partial charge in [0, 0.05) is 16.7 Å². The van der Waals surface area contributed by atoms with Crippen molar-refractivity contribution in [3.8, 4) is 0 Å². The summed E-state index contributed by atoms with van der Waals surface area (Å²) >= 11 is 5.69. The molecule has 0 aliphatic rings. The predicted molar refractivity (Wildman–Crippen MR) is 75.1 cm³/mol. The highest BCUT2D eigenvalue weighted by Crippen LogP contribution is 2.19. The number of halogens is 2. The molecule has 0 spiro atoms. The van der Waals surface area contributed by atoms with Gasteiger partial charge in [0.15, 0.2) is 0 Å². The van der Waals surface area contributed by atoms with Gasteiger partial charge in [-0.25, -0.2) is 4.39 Å². The van der Waals surface area contributed by atoms with Crippen LogP contribution < -0.4 is 5.32 Å². The third-order valence-electron chi connectivity index (χ3n) is 2.64. The van der Waals surface area contributed by atoms with E-state index in [9.17, 15) is 8.60 Å². The fraction of sp³-hybridized carbons (Fsp3) is 0.538. The van der Waals surface area contributed by atoms with Crippen molar-refractivity contribution in [1.82, 2.24) is 5.32 Å². The van der Waals surface area contributed by atoms with Crippen molar-refractivity contribution in [3.63, 3.8) is 0 Å². The summed E-state index contributed by atoms with van der Waals surface area (Å²) in [6.45, 7) is 4.98. The quantitative estimate of drug-likeness (QED) is 0.834. The van der Waals surface area contributed by atoms with Crippen LogP contribution in [-0.4, -0.2) is 22.5 Å². The van der Waals surface area contributed by atoms with E-state index in [1.807, 2.05) is 6.92 Å². The van der Waals surface area contributed by atoms with Crippen molar-refractivity contribution < 1.29 is 8.60 Å².